The fourth-order valence-electron chi connectivity index (χ4n) is 2.64. The molecule has 0 fully saturated rings. The first-order chi connectivity index (χ1) is 8.49. The summed E-state index contributed by atoms with van der Waals surface area (Å²) in [7, 11) is 0. The topological polar surface area (TPSA) is 23.5 Å². The van der Waals surface area contributed by atoms with E-state index in [2.05, 4.69) is 0 Å². The molecule has 1 aromatic carbocycles. The average Bonchev–Trinajstić information content (AvgIpc) is 2.26. The van der Waals surface area contributed by atoms with E-state index in [0.717, 1.165) is 29.7 Å². The zero-order chi connectivity index (χ0) is 13.3. The standard InChI is InChI=1S/C14H19F2NO/c1-9(2)12-7-11(18)6-10-4-3-5-17(14(10)12)8-13(15)16/h6-7,9,13,18H,3-5,8H2,1-2H3. The van der Waals surface area contributed by atoms with E-state index in [1.807, 2.05) is 13.8 Å². The van der Waals surface area contributed by atoms with Crippen molar-refractivity contribution in [3.8, 4) is 5.75 Å². The third-order valence-corrected chi connectivity index (χ3v) is 3.37. The molecule has 100 valence electrons. The Kier molecular flexibility index (Phi) is 3.73. The van der Waals surface area contributed by atoms with E-state index < -0.39 is 6.43 Å². The minimum atomic E-state index is -2.33. The molecule has 0 saturated heterocycles. The van der Waals surface area contributed by atoms with E-state index in [-0.39, 0.29) is 18.2 Å². The highest BCUT2D eigenvalue weighted by Gasteiger charge is 2.24. The van der Waals surface area contributed by atoms with Gasteiger partial charge < -0.3 is 10.0 Å². The largest absolute Gasteiger partial charge is 0.508 e. The van der Waals surface area contributed by atoms with Crippen LogP contribution in [0.5, 0.6) is 5.75 Å². The Balaban J connectivity index is 2.46. The Morgan fingerprint density at radius 2 is 2.06 bits per heavy atom. The molecule has 0 aromatic heterocycles. The molecule has 1 aliphatic heterocycles. The van der Waals surface area contributed by atoms with Gasteiger partial charge in [-0.15, -0.1) is 0 Å². The van der Waals surface area contributed by atoms with Crippen molar-refractivity contribution >= 4 is 5.69 Å². The molecule has 0 radical (unpaired) electrons. The number of anilines is 1. The van der Waals surface area contributed by atoms with Gasteiger partial charge in [-0.2, -0.15) is 0 Å². The SMILES string of the molecule is CC(C)c1cc(O)cc2c1N(CC(F)F)CCC2. The zero-order valence-electron chi connectivity index (χ0n) is 10.8. The van der Waals surface area contributed by atoms with Crippen molar-refractivity contribution in [3.63, 3.8) is 0 Å². The number of aryl methyl sites for hydroxylation is 1. The van der Waals surface area contributed by atoms with Gasteiger partial charge in [0.1, 0.15) is 5.75 Å². The van der Waals surface area contributed by atoms with Crippen LogP contribution >= 0.6 is 0 Å². The van der Waals surface area contributed by atoms with Crippen LogP contribution in [-0.4, -0.2) is 24.6 Å². The highest BCUT2D eigenvalue weighted by atomic mass is 19.3. The van der Waals surface area contributed by atoms with Gasteiger partial charge in [0.2, 0.25) is 0 Å². The van der Waals surface area contributed by atoms with Crippen molar-refractivity contribution < 1.29 is 13.9 Å². The summed E-state index contributed by atoms with van der Waals surface area (Å²) in [5, 5.41) is 9.72. The van der Waals surface area contributed by atoms with Crippen LogP contribution in [0, 0.1) is 0 Å². The summed E-state index contributed by atoms with van der Waals surface area (Å²) in [6.07, 6.45) is -0.617. The molecule has 4 heteroatoms. The molecule has 0 bridgehead atoms. The Bertz CT molecular complexity index is 432. The van der Waals surface area contributed by atoms with Crippen LogP contribution in [0.1, 0.15) is 37.3 Å². The number of benzene rings is 1. The lowest BCUT2D eigenvalue weighted by Gasteiger charge is -2.34. The first kappa shape index (κ1) is 13.1. The summed E-state index contributed by atoms with van der Waals surface area (Å²) in [5.74, 6) is 0.445. The van der Waals surface area contributed by atoms with Crippen molar-refractivity contribution in [3.05, 3.63) is 23.3 Å². The number of aromatic hydroxyl groups is 1. The van der Waals surface area contributed by atoms with E-state index in [1.54, 1.807) is 17.0 Å². The van der Waals surface area contributed by atoms with E-state index in [9.17, 15) is 13.9 Å². The minimum Gasteiger partial charge on any atom is -0.508 e. The average molecular weight is 255 g/mol. The van der Waals surface area contributed by atoms with Crippen molar-refractivity contribution in [2.24, 2.45) is 0 Å². The molecule has 0 amide bonds. The number of hydrogen-bond donors (Lipinski definition) is 1. The van der Waals surface area contributed by atoms with Crippen LogP contribution in [0.4, 0.5) is 14.5 Å². The summed E-state index contributed by atoms with van der Waals surface area (Å²) in [5.41, 5.74) is 2.87. The minimum absolute atomic E-state index is 0.212. The molecule has 0 saturated carbocycles. The Hall–Kier alpha value is -1.32. The first-order valence-corrected chi connectivity index (χ1v) is 6.38. The molecule has 1 heterocycles. The Morgan fingerprint density at radius 3 is 2.67 bits per heavy atom. The normalized spacial score (nSPS) is 15.3. The van der Waals surface area contributed by atoms with Crippen molar-refractivity contribution in [2.45, 2.75) is 39.0 Å². The van der Waals surface area contributed by atoms with E-state index in [0.29, 0.717) is 6.54 Å². The van der Waals surface area contributed by atoms with Crippen molar-refractivity contribution in [1.82, 2.24) is 0 Å². The monoisotopic (exact) mass is 255 g/mol. The molecule has 0 unspecified atom stereocenters. The van der Waals surface area contributed by atoms with Gasteiger partial charge in [-0.1, -0.05) is 13.8 Å². The molecular weight excluding hydrogens is 236 g/mol. The molecule has 0 atom stereocenters. The van der Waals surface area contributed by atoms with Gasteiger partial charge in [0.25, 0.3) is 6.43 Å². The van der Waals surface area contributed by atoms with Crippen LogP contribution in [0.15, 0.2) is 12.1 Å². The number of phenols is 1. The van der Waals surface area contributed by atoms with E-state index >= 15 is 0 Å². The second-order valence-electron chi connectivity index (χ2n) is 5.14. The number of halogens is 2. The van der Waals surface area contributed by atoms with Gasteiger partial charge in [-0.3, -0.25) is 0 Å². The second kappa shape index (κ2) is 5.12. The van der Waals surface area contributed by atoms with Gasteiger partial charge in [0, 0.05) is 12.2 Å². The molecule has 1 aromatic rings. The van der Waals surface area contributed by atoms with Gasteiger partial charge in [0.15, 0.2) is 0 Å². The zero-order valence-corrected chi connectivity index (χ0v) is 10.8. The van der Waals surface area contributed by atoms with Crippen LogP contribution in [0.2, 0.25) is 0 Å². The number of nitrogens with zero attached hydrogens (tertiary/aromatic N) is 1. The molecular formula is C14H19F2NO. The molecule has 0 spiro atoms. The smallest absolute Gasteiger partial charge is 0.255 e. The lowest BCUT2D eigenvalue weighted by Crippen LogP contribution is -2.34. The van der Waals surface area contributed by atoms with Gasteiger partial charge in [-0.25, -0.2) is 8.78 Å². The van der Waals surface area contributed by atoms with Crippen LogP contribution in [0.3, 0.4) is 0 Å². The van der Waals surface area contributed by atoms with E-state index in [4.69, 9.17) is 0 Å². The number of alkyl halides is 2. The highest BCUT2D eigenvalue weighted by molar-refractivity contribution is 5.64. The Labute approximate surface area is 106 Å². The summed E-state index contributed by atoms with van der Waals surface area (Å²) in [6, 6.07) is 3.41. The lowest BCUT2D eigenvalue weighted by molar-refractivity contribution is 0.154. The maximum absolute atomic E-state index is 12.6. The summed E-state index contributed by atoms with van der Waals surface area (Å²) in [4.78, 5) is 1.76. The molecule has 1 N–H and O–H groups in total. The number of hydrogen-bond acceptors (Lipinski definition) is 2. The fraction of sp³-hybridized carbons (Fsp3) is 0.571. The predicted octanol–water partition coefficient (Wildman–Crippen LogP) is 3.53. The molecule has 2 nitrogen and oxygen atoms in total. The third-order valence-electron chi connectivity index (χ3n) is 3.37. The number of phenolic OH excluding ortho intramolecular Hbond substituents is 1. The molecule has 2 rings (SSSR count). The lowest BCUT2D eigenvalue weighted by atomic mass is 9.92. The van der Waals surface area contributed by atoms with E-state index in [1.165, 1.54) is 0 Å². The van der Waals surface area contributed by atoms with Crippen molar-refractivity contribution in [2.75, 3.05) is 18.0 Å². The maximum Gasteiger partial charge on any atom is 0.255 e. The van der Waals surface area contributed by atoms with Crippen molar-refractivity contribution in [1.29, 1.82) is 0 Å². The van der Waals surface area contributed by atoms with Crippen LogP contribution in [0.25, 0.3) is 0 Å². The predicted molar refractivity (Wildman–Crippen MR) is 68.7 cm³/mol. The number of fused-ring (bicyclic) bond motifs is 1. The van der Waals surface area contributed by atoms with Gasteiger partial charge in [-0.05, 0) is 42.0 Å². The second-order valence-corrected chi connectivity index (χ2v) is 5.14. The summed E-state index contributed by atoms with van der Waals surface area (Å²) >= 11 is 0. The van der Waals surface area contributed by atoms with Gasteiger partial charge >= 0.3 is 0 Å². The van der Waals surface area contributed by atoms with Crippen LogP contribution < -0.4 is 4.90 Å². The quantitative estimate of drug-likeness (QED) is 0.893. The summed E-state index contributed by atoms with van der Waals surface area (Å²) in [6.45, 7) is 4.48. The maximum atomic E-state index is 12.6. The highest BCUT2D eigenvalue weighted by Crippen LogP contribution is 2.38. The molecule has 1 aliphatic rings. The molecule has 18 heavy (non-hydrogen) atoms. The molecule has 0 aliphatic carbocycles. The van der Waals surface area contributed by atoms with Crippen LogP contribution in [-0.2, 0) is 6.42 Å². The van der Waals surface area contributed by atoms with Gasteiger partial charge in [0.05, 0.1) is 6.54 Å². The third kappa shape index (κ3) is 2.57. The number of rotatable bonds is 3. The Morgan fingerprint density at radius 1 is 1.33 bits per heavy atom. The summed E-state index contributed by atoms with van der Waals surface area (Å²) < 4.78 is 25.3. The first-order valence-electron chi connectivity index (χ1n) is 6.38. The fourth-order valence-corrected chi connectivity index (χ4v) is 2.64.